The van der Waals surface area contributed by atoms with Crippen molar-refractivity contribution in [2.45, 2.75) is 53.5 Å². The number of nitrogens with one attached hydrogen (secondary N) is 2. The van der Waals surface area contributed by atoms with Crippen LogP contribution in [0.3, 0.4) is 0 Å². The average molecular weight is 291 g/mol. The zero-order valence-corrected chi connectivity index (χ0v) is 13.7. The number of amides is 2. The van der Waals surface area contributed by atoms with Gasteiger partial charge >= 0.3 is 11.8 Å². The van der Waals surface area contributed by atoms with Crippen LogP contribution in [0.15, 0.2) is 18.2 Å². The molecule has 0 fully saturated rings. The first-order valence-electron chi connectivity index (χ1n) is 7.06. The predicted molar refractivity (Wildman–Crippen MR) is 83.9 cm³/mol. The molecule has 0 bridgehead atoms. The fourth-order valence-corrected chi connectivity index (χ4v) is 2.52. The average Bonchev–Trinajstić information content (AvgIpc) is 2.24. The molecule has 0 aliphatic carbocycles. The maximum atomic E-state index is 12.0. The number of carbonyl (C=O) groups is 2. The molecule has 2 amide bonds. The molecule has 1 heterocycles. The Morgan fingerprint density at radius 1 is 1.10 bits per heavy atom. The van der Waals surface area contributed by atoms with Gasteiger partial charge < -0.3 is 10.6 Å². The standard InChI is InChI=1S/C16H25N3O2/c1-11-8-7-9-12(17-11)18-13(20)14(21)19-16(5,6)10-15(2,3)4/h7-9H,10H2,1-6H3,(H,19,21)(H,17,18,20). The maximum Gasteiger partial charge on any atom is 0.314 e. The third-order valence-corrected chi connectivity index (χ3v) is 2.76. The van der Waals surface area contributed by atoms with E-state index in [0.29, 0.717) is 5.82 Å². The van der Waals surface area contributed by atoms with Gasteiger partial charge in [0.1, 0.15) is 5.82 Å². The van der Waals surface area contributed by atoms with Gasteiger partial charge in [-0.3, -0.25) is 9.59 Å². The SMILES string of the molecule is Cc1cccc(NC(=O)C(=O)NC(C)(C)CC(C)(C)C)n1. The van der Waals surface area contributed by atoms with Crippen molar-refractivity contribution in [3.63, 3.8) is 0 Å². The van der Waals surface area contributed by atoms with Gasteiger partial charge in [-0.25, -0.2) is 4.98 Å². The van der Waals surface area contributed by atoms with Crippen molar-refractivity contribution >= 4 is 17.6 Å². The Bertz CT molecular complexity index is 531. The van der Waals surface area contributed by atoms with Gasteiger partial charge in [-0.05, 0) is 44.7 Å². The summed E-state index contributed by atoms with van der Waals surface area (Å²) in [7, 11) is 0. The largest absolute Gasteiger partial charge is 0.343 e. The van der Waals surface area contributed by atoms with Crippen molar-refractivity contribution in [2.24, 2.45) is 5.41 Å². The van der Waals surface area contributed by atoms with Crippen LogP contribution in [0.25, 0.3) is 0 Å². The Kier molecular flexibility index (Phi) is 5.10. The van der Waals surface area contributed by atoms with Crippen LogP contribution in [0, 0.1) is 12.3 Å². The Morgan fingerprint density at radius 3 is 2.24 bits per heavy atom. The fourth-order valence-electron chi connectivity index (χ4n) is 2.52. The maximum absolute atomic E-state index is 12.0. The summed E-state index contributed by atoms with van der Waals surface area (Å²) >= 11 is 0. The van der Waals surface area contributed by atoms with E-state index in [9.17, 15) is 9.59 Å². The number of aryl methyl sites for hydroxylation is 1. The van der Waals surface area contributed by atoms with E-state index in [1.807, 2.05) is 26.8 Å². The van der Waals surface area contributed by atoms with Gasteiger partial charge in [-0.2, -0.15) is 0 Å². The predicted octanol–water partition coefficient (Wildman–Crippen LogP) is 2.66. The Hall–Kier alpha value is -1.91. The smallest absolute Gasteiger partial charge is 0.314 e. The van der Waals surface area contributed by atoms with Gasteiger partial charge in [0.15, 0.2) is 0 Å². The van der Waals surface area contributed by atoms with Crippen LogP contribution in [0.2, 0.25) is 0 Å². The summed E-state index contributed by atoms with van der Waals surface area (Å²) in [5.41, 5.74) is 0.388. The van der Waals surface area contributed by atoms with Gasteiger partial charge in [-0.15, -0.1) is 0 Å². The van der Waals surface area contributed by atoms with Gasteiger partial charge in [0, 0.05) is 11.2 Å². The fraction of sp³-hybridized carbons (Fsp3) is 0.562. The highest BCUT2D eigenvalue weighted by Crippen LogP contribution is 2.26. The summed E-state index contributed by atoms with van der Waals surface area (Å²) in [5, 5.41) is 5.27. The monoisotopic (exact) mass is 291 g/mol. The molecule has 0 unspecified atom stereocenters. The molecule has 0 saturated heterocycles. The van der Waals surface area contributed by atoms with Crippen molar-refractivity contribution in [2.75, 3.05) is 5.32 Å². The van der Waals surface area contributed by atoms with Crippen molar-refractivity contribution in [3.05, 3.63) is 23.9 Å². The van der Waals surface area contributed by atoms with E-state index in [4.69, 9.17) is 0 Å². The van der Waals surface area contributed by atoms with Crippen LogP contribution in [0.5, 0.6) is 0 Å². The molecule has 0 radical (unpaired) electrons. The van der Waals surface area contributed by atoms with Crippen LogP contribution in [-0.4, -0.2) is 22.3 Å². The summed E-state index contributed by atoms with van der Waals surface area (Å²) in [6.45, 7) is 11.9. The van der Waals surface area contributed by atoms with Crippen LogP contribution < -0.4 is 10.6 Å². The molecule has 2 N–H and O–H groups in total. The highest BCUT2D eigenvalue weighted by atomic mass is 16.2. The molecule has 1 aromatic heterocycles. The minimum atomic E-state index is -0.699. The Labute approximate surface area is 126 Å². The second-order valence-electron chi connectivity index (χ2n) is 7.19. The highest BCUT2D eigenvalue weighted by molar-refractivity contribution is 6.39. The van der Waals surface area contributed by atoms with E-state index < -0.39 is 17.4 Å². The van der Waals surface area contributed by atoms with E-state index in [-0.39, 0.29) is 5.41 Å². The molecule has 5 heteroatoms. The molecule has 0 spiro atoms. The normalized spacial score (nSPS) is 11.9. The molecule has 0 aliphatic heterocycles. The number of hydrogen-bond donors (Lipinski definition) is 2. The number of anilines is 1. The minimum Gasteiger partial charge on any atom is -0.343 e. The summed E-state index contributed by atoms with van der Waals surface area (Å²) in [6, 6.07) is 5.25. The molecule has 1 aromatic rings. The number of nitrogens with zero attached hydrogens (tertiary/aromatic N) is 1. The summed E-state index contributed by atoms with van der Waals surface area (Å²) in [6.07, 6.45) is 0.766. The Balaban J connectivity index is 2.65. The van der Waals surface area contributed by atoms with Crippen molar-refractivity contribution in [1.82, 2.24) is 10.3 Å². The van der Waals surface area contributed by atoms with Crippen LogP contribution in [0.4, 0.5) is 5.82 Å². The third-order valence-electron chi connectivity index (χ3n) is 2.76. The summed E-state index contributed by atoms with van der Waals surface area (Å²) in [4.78, 5) is 28.0. The molecule has 1 rings (SSSR count). The van der Waals surface area contributed by atoms with Crippen molar-refractivity contribution in [3.8, 4) is 0 Å². The number of hydrogen-bond acceptors (Lipinski definition) is 3. The van der Waals surface area contributed by atoms with Gasteiger partial charge in [0.2, 0.25) is 0 Å². The molecular weight excluding hydrogens is 266 g/mol. The lowest BCUT2D eigenvalue weighted by Crippen LogP contribution is -2.49. The zero-order valence-electron chi connectivity index (χ0n) is 13.7. The number of pyridine rings is 1. The van der Waals surface area contributed by atoms with Crippen molar-refractivity contribution < 1.29 is 9.59 Å². The van der Waals surface area contributed by atoms with E-state index in [1.54, 1.807) is 12.1 Å². The van der Waals surface area contributed by atoms with E-state index in [1.165, 1.54) is 0 Å². The van der Waals surface area contributed by atoms with E-state index in [0.717, 1.165) is 12.1 Å². The molecule has 0 atom stereocenters. The molecule has 21 heavy (non-hydrogen) atoms. The first-order valence-corrected chi connectivity index (χ1v) is 7.06. The van der Waals surface area contributed by atoms with Crippen LogP contribution in [-0.2, 0) is 9.59 Å². The second kappa shape index (κ2) is 6.24. The topological polar surface area (TPSA) is 71.1 Å². The lowest BCUT2D eigenvalue weighted by Gasteiger charge is -2.33. The summed E-state index contributed by atoms with van der Waals surface area (Å²) < 4.78 is 0. The number of rotatable bonds is 3. The Morgan fingerprint density at radius 2 is 1.71 bits per heavy atom. The molecule has 0 aliphatic rings. The number of aromatic nitrogens is 1. The molecule has 116 valence electrons. The highest BCUT2D eigenvalue weighted by Gasteiger charge is 2.29. The molecule has 0 aromatic carbocycles. The zero-order chi connectivity index (χ0) is 16.3. The lowest BCUT2D eigenvalue weighted by molar-refractivity contribution is -0.137. The van der Waals surface area contributed by atoms with Gasteiger partial charge in [-0.1, -0.05) is 26.8 Å². The molecule has 0 saturated carbocycles. The third kappa shape index (κ3) is 6.38. The number of carbonyl (C=O) groups excluding carboxylic acids is 2. The summed E-state index contributed by atoms with van der Waals surface area (Å²) in [5.74, 6) is -0.966. The van der Waals surface area contributed by atoms with Crippen LogP contribution in [0.1, 0.15) is 46.7 Å². The van der Waals surface area contributed by atoms with Crippen LogP contribution >= 0.6 is 0 Å². The van der Waals surface area contributed by atoms with Gasteiger partial charge in [0.25, 0.3) is 0 Å². The second-order valence-corrected chi connectivity index (χ2v) is 7.19. The van der Waals surface area contributed by atoms with Crippen molar-refractivity contribution in [1.29, 1.82) is 0 Å². The minimum absolute atomic E-state index is 0.0609. The first-order chi connectivity index (χ1) is 9.48. The molecule has 5 nitrogen and oxygen atoms in total. The van der Waals surface area contributed by atoms with E-state index >= 15 is 0 Å². The van der Waals surface area contributed by atoms with E-state index in [2.05, 4.69) is 36.4 Å². The first kappa shape index (κ1) is 17.1. The quantitative estimate of drug-likeness (QED) is 0.841. The lowest BCUT2D eigenvalue weighted by atomic mass is 9.82. The van der Waals surface area contributed by atoms with Gasteiger partial charge in [0.05, 0.1) is 0 Å². The molecular formula is C16H25N3O2.